The number of nitrogens with one attached hydrogen (secondary N) is 1. The Hall–Kier alpha value is -0.520. The molecule has 1 fully saturated rings. The molecule has 0 bridgehead atoms. The Kier molecular flexibility index (Phi) is 3.35. The van der Waals surface area contributed by atoms with Crippen LogP contribution in [0.2, 0.25) is 0 Å². The summed E-state index contributed by atoms with van der Waals surface area (Å²) in [5.41, 5.74) is 0.380. The minimum atomic E-state index is 0.192. The van der Waals surface area contributed by atoms with Gasteiger partial charge in [-0.1, -0.05) is 5.92 Å². The Labute approximate surface area is 81.7 Å². The fourth-order valence-corrected chi connectivity index (χ4v) is 1.77. The van der Waals surface area contributed by atoms with Gasteiger partial charge in [0, 0.05) is 12.1 Å². The number of likely N-dealkylation sites (N-methyl/N-ethyl adjacent to an activating group) is 1. The van der Waals surface area contributed by atoms with Crippen molar-refractivity contribution in [2.45, 2.75) is 37.8 Å². The highest BCUT2D eigenvalue weighted by molar-refractivity contribution is 5.02. The van der Waals surface area contributed by atoms with Gasteiger partial charge in [0.15, 0.2) is 0 Å². The van der Waals surface area contributed by atoms with E-state index >= 15 is 0 Å². The zero-order valence-electron chi connectivity index (χ0n) is 8.93. The van der Waals surface area contributed by atoms with Crippen molar-refractivity contribution >= 4 is 0 Å². The second kappa shape index (κ2) is 4.13. The van der Waals surface area contributed by atoms with E-state index in [2.05, 4.69) is 30.2 Å². The summed E-state index contributed by atoms with van der Waals surface area (Å²) in [6, 6.07) is 0.192. The lowest BCUT2D eigenvalue weighted by Crippen LogP contribution is -2.57. The molecule has 0 aromatic heterocycles. The number of hydrogen-bond donors (Lipinski definition) is 1. The van der Waals surface area contributed by atoms with Crippen molar-refractivity contribution in [3.63, 3.8) is 0 Å². The second-order valence-corrected chi connectivity index (χ2v) is 4.24. The largest absolute Gasteiger partial charge is 0.302 e. The van der Waals surface area contributed by atoms with Crippen LogP contribution in [0.5, 0.6) is 0 Å². The third kappa shape index (κ3) is 2.24. The molecule has 13 heavy (non-hydrogen) atoms. The first-order chi connectivity index (χ1) is 6.10. The van der Waals surface area contributed by atoms with Gasteiger partial charge >= 0.3 is 0 Å². The molecule has 2 heteroatoms. The number of rotatable bonds is 4. The van der Waals surface area contributed by atoms with E-state index in [1.807, 2.05) is 6.92 Å². The van der Waals surface area contributed by atoms with Gasteiger partial charge in [-0.25, -0.2) is 0 Å². The maximum absolute atomic E-state index is 5.31. The number of nitrogens with zero attached hydrogens (tertiary/aromatic N) is 1. The first kappa shape index (κ1) is 10.6. The van der Waals surface area contributed by atoms with E-state index < -0.39 is 0 Å². The van der Waals surface area contributed by atoms with Gasteiger partial charge in [-0.3, -0.25) is 0 Å². The van der Waals surface area contributed by atoms with Crippen molar-refractivity contribution in [2.24, 2.45) is 0 Å². The molecule has 0 saturated heterocycles. The predicted molar refractivity (Wildman–Crippen MR) is 56.6 cm³/mol. The minimum absolute atomic E-state index is 0.192. The highest BCUT2D eigenvalue weighted by Crippen LogP contribution is 2.35. The van der Waals surface area contributed by atoms with Gasteiger partial charge in [0.2, 0.25) is 0 Å². The summed E-state index contributed by atoms with van der Waals surface area (Å²) >= 11 is 0. The highest BCUT2D eigenvalue weighted by atomic mass is 15.2. The molecule has 0 radical (unpaired) electrons. The zero-order chi connectivity index (χ0) is 9.90. The number of terminal acetylenes is 1. The van der Waals surface area contributed by atoms with Gasteiger partial charge in [0.1, 0.15) is 0 Å². The molecule has 0 aromatic rings. The Morgan fingerprint density at radius 2 is 2.15 bits per heavy atom. The SMILES string of the molecule is C#CC(C)NCC1(N(C)C)CCC1. The minimum Gasteiger partial charge on any atom is -0.302 e. The van der Waals surface area contributed by atoms with Crippen molar-refractivity contribution in [1.82, 2.24) is 10.2 Å². The Morgan fingerprint density at radius 1 is 1.54 bits per heavy atom. The molecule has 1 atom stereocenters. The molecule has 1 saturated carbocycles. The van der Waals surface area contributed by atoms with E-state index in [0.717, 1.165) is 6.54 Å². The summed E-state index contributed by atoms with van der Waals surface area (Å²) in [5, 5.41) is 3.38. The van der Waals surface area contributed by atoms with Crippen LogP contribution in [0, 0.1) is 12.3 Å². The van der Waals surface area contributed by atoms with Crippen molar-refractivity contribution in [2.75, 3.05) is 20.6 Å². The van der Waals surface area contributed by atoms with Crippen LogP contribution in [0.1, 0.15) is 26.2 Å². The molecule has 1 aliphatic rings. The molecule has 74 valence electrons. The molecule has 0 spiro atoms. The van der Waals surface area contributed by atoms with E-state index in [1.165, 1.54) is 19.3 Å². The number of hydrogen-bond acceptors (Lipinski definition) is 2. The zero-order valence-corrected chi connectivity index (χ0v) is 8.93. The molecule has 0 heterocycles. The van der Waals surface area contributed by atoms with Gasteiger partial charge in [0.25, 0.3) is 0 Å². The van der Waals surface area contributed by atoms with Gasteiger partial charge in [0.05, 0.1) is 6.04 Å². The summed E-state index contributed by atoms with van der Waals surface area (Å²) in [5.74, 6) is 2.69. The Bertz CT molecular complexity index is 199. The molecule has 1 unspecified atom stereocenters. The fraction of sp³-hybridized carbons (Fsp3) is 0.818. The van der Waals surface area contributed by atoms with E-state index in [1.54, 1.807) is 0 Å². The lowest BCUT2D eigenvalue weighted by Gasteiger charge is -2.47. The van der Waals surface area contributed by atoms with E-state index in [0.29, 0.717) is 5.54 Å². The predicted octanol–water partition coefficient (Wildman–Crippen LogP) is 1.08. The normalized spacial score (nSPS) is 22.1. The van der Waals surface area contributed by atoms with Crippen LogP contribution >= 0.6 is 0 Å². The lowest BCUT2D eigenvalue weighted by atomic mass is 9.75. The van der Waals surface area contributed by atoms with Crippen molar-refractivity contribution in [1.29, 1.82) is 0 Å². The van der Waals surface area contributed by atoms with Crippen molar-refractivity contribution in [3.8, 4) is 12.3 Å². The van der Waals surface area contributed by atoms with Gasteiger partial charge in [-0.15, -0.1) is 6.42 Å². The molecule has 0 aromatic carbocycles. The van der Waals surface area contributed by atoms with Crippen LogP contribution in [-0.2, 0) is 0 Å². The Balaban J connectivity index is 2.37. The van der Waals surface area contributed by atoms with Gasteiger partial charge in [-0.2, -0.15) is 0 Å². The van der Waals surface area contributed by atoms with Crippen LogP contribution in [0.4, 0.5) is 0 Å². The van der Waals surface area contributed by atoms with Crippen LogP contribution in [0.25, 0.3) is 0 Å². The maximum Gasteiger partial charge on any atom is 0.0658 e. The van der Waals surface area contributed by atoms with Crippen molar-refractivity contribution < 1.29 is 0 Å². The molecule has 1 rings (SSSR count). The molecule has 0 amide bonds. The summed E-state index contributed by atoms with van der Waals surface area (Å²) in [4.78, 5) is 2.33. The topological polar surface area (TPSA) is 15.3 Å². The first-order valence-corrected chi connectivity index (χ1v) is 4.98. The Morgan fingerprint density at radius 3 is 2.46 bits per heavy atom. The third-order valence-corrected chi connectivity index (χ3v) is 3.22. The van der Waals surface area contributed by atoms with Crippen LogP contribution < -0.4 is 5.32 Å². The van der Waals surface area contributed by atoms with E-state index in [4.69, 9.17) is 6.42 Å². The quantitative estimate of drug-likeness (QED) is 0.651. The summed E-state index contributed by atoms with van der Waals surface area (Å²) in [6.07, 6.45) is 9.25. The molecule has 2 nitrogen and oxygen atoms in total. The maximum atomic E-state index is 5.31. The van der Waals surface area contributed by atoms with Crippen LogP contribution in [-0.4, -0.2) is 37.1 Å². The molecular formula is C11H20N2. The first-order valence-electron chi connectivity index (χ1n) is 4.98. The van der Waals surface area contributed by atoms with Gasteiger partial charge in [-0.05, 0) is 40.3 Å². The van der Waals surface area contributed by atoms with Gasteiger partial charge < -0.3 is 10.2 Å². The average molecular weight is 180 g/mol. The monoisotopic (exact) mass is 180 g/mol. The van der Waals surface area contributed by atoms with E-state index in [9.17, 15) is 0 Å². The third-order valence-electron chi connectivity index (χ3n) is 3.22. The molecule has 1 aliphatic carbocycles. The summed E-state index contributed by atoms with van der Waals surface area (Å²) in [6.45, 7) is 3.05. The van der Waals surface area contributed by atoms with E-state index in [-0.39, 0.29) is 6.04 Å². The second-order valence-electron chi connectivity index (χ2n) is 4.24. The highest BCUT2D eigenvalue weighted by Gasteiger charge is 2.38. The fourth-order valence-electron chi connectivity index (χ4n) is 1.77. The van der Waals surface area contributed by atoms with Crippen molar-refractivity contribution in [3.05, 3.63) is 0 Å². The smallest absolute Gasteiger partial charge is 0.0658 e. The van der Waals surface area contributed by atoms with Crippen LogP contribution in [0.15, 0.2) is 0 Å². The summed E-state index contributed by atoms with van der Waals surface area (Å²) < 4.78 is 0. The lowest BCUT2D eigenvalue weighted by molar-refractivity contribution is 0.0592. The van der Waals surface area contributed by atoms with Crippen LogP contribution in [0.3, 0.4) is 0 Å². The summed E-state index contributed by atoms with van der Waals surface area (Å²) in [7, 11) is 4.31. The molecule has 0 aliphatic heterocycles. The molecular weight excluding hydrogens is 160 g/mol. The molecule has 1 N–H and O–H groups in total. The average Bonchev–Trinajstić information content (AvgIpc) is 2.01. The standard InChI is InChI=1S/C11H20N2/c1-5-10(2)12-9-11(13(3)4)7-6-8-11/h1,10,12H,6-9H2,2-4H3.